The van der Waals surface area contributed by atoms with E-state index in [1.54, 1.807) is 0 Å². The quantitative estimate of drug-likeness (QED) is 0.160. The lowest BCUT2D eigenvalue weighted by Gasteiger charge is -2.34. The van der Waals surface area contributed by atoms with E-state index in [2.05, 4.69) is 240 Å². The molecule has 10 aromatic rings. The van der Waals surface area contributed by atoms with Gasteiger partial charge in [-0.3, -0.25) is 0 Å². The lowest BCUT2D eigenvalue weighted by atomic mass is 9.89. The minimum absolute atomic E-state index is 0.848. The van der Waals surface area contributed by atoms with Crippen molar-refractivity contribution in [1.29, 1.82) is 0 Å². The smallest absolute Gasteiger partial charge is 0.0497 e. The van der Waals surface area contributed by atoms with Gasteiger partial charge in [0.25, 0.3) is 0 Å². The zero-order valence-corrected chi connectivity index (χ0v) is 32.5. The summed E-state index contributed by atoms with van der Waals surface area (Å²) in [6.45, 7) is 0. The molecule has 1 heterocycles. The summed E-state index contributed by atoms with van der Waals surface area (Å²) in [6.07, 6.45) is 0.848. The summed E-state index contributed by atoms with van der Waals surface area (Å²) in [5.74, 6) is 0. The summed E-state index contributed by atoms with van der Waals surface area (Å²) in [5.41, 5.74) is 16.9. The number of fused-ring (bicyclic) bond motifs is 4. The van der Waals surface area contributed by atoms with Crippen molar-refractivity contribution in [2.24, 2.45) is 0 Å². The third-order valence-electron chi connectivity index (χ3n) is 11.8. The van der Waals surface area contributed by atoms with Crippen LogP contribution in [0.25, 0.3) is 54.9 Å². The fourth-order valence-electron chi connectivity index (χ4n) is 8.81. The molecular formula is C57H40N2. The number of benzene rings is 10. The van der Waals surface area contributed by atoms with Crippen molar-refractivity contribution >= 4 is 55.7 Å². The van der Waals surface area contributed by atoms with Crippen LogP contribution in [0.15, 0.2) is 231 Å². The maximum atomic E-state index is 2.45. The highest BCUT2D eigenvalue weighted by Crippen LogP contribution is 2.47. The molecule has 0 saturated heterocycles. The summed E-state index contributed by atoms with van der Waals surface area (Å²) in [4.78, 5) is 4.79. The van der Waals surface area contributed by atoms with Gasteiger partial charge in [0.05, 0.1) is 0 Å². The minimum atomic E-state index is 0.848. The van der Waals surface area contributed by atoms with Gasteiger partial charge in [-0.15, -0.1) is 0 Å². The SMILES string of the molecule is c1ccc(-c2ccc(N3c4ccc(-c5ccc(N(c6ccccc6)c6ccc7ccccc7c6)cc5)cc4Cc4cc(-c5ccc6ccccc6c5)ccc43)cc2)cc1. The van der Waals surface area contributed by atoms with Gasteiger partial charge in [-0.05, 0) is 145 Å². The molecule has 0 N–H and O–H groups in total. The number of hydrogen-bond acceptors (Lipinski definition) is 2. The van der Waals surface area contributed by atoms with Gasteiger partial charge in [0.1, 0.15) is 0 Å². The molecule has 1 aliphatic rings. The monoisotopic (exact) mass is 752 g/mol. The van der Waals surface area contributed by atoms with E-state index in [4.69, 9.17) is 0 Å². The first-order valence-electron chi connectivity index (χ1n) is 20.4. The summed E-state index contributed by atoms with van der Waals surface area (Å²) in [7, 11) is 0. The van der Waals surface area contributed by atoms with Crippen LogP contribution in [-0.2, 0) is 6.42 Å². The molecule has 278 valence electrons. The van der Waals surface area contributed by atoms with E-state index in [0.29, 0.717) is 0 Å². The average molecular weight is 753 g/mol. The molecular weight excluding hydrogens is 713 g/mol. The number of hydrogen-bond donors (Lipinski definition) is 0. The third-order valence-corrected chi connectivity index (χ3v) is 11.8. The summed E-state index contributed by atoms with van der Waals surface area (Å²) >= 11 is 0. The number of rotatable bonds is 7. The van der Waals surface area contributed by atoms with E-state index in [-0.39, 0.29) is 0 Å². The molecule has 0 saturated carbocycles. The van der Waals surface area contributed by atoms with Crippen LogP contribution in [-0.4, -0.2) is 0 Å². The lowest BCUT2D eigenvalue weighted by molar-refractivity contribution is 1.09. The van der Waals surface area contributed by atoms with E-state index in [1.165, 1.54) is 77.4 Å². The molecule has 0 bridgehead atoms. The van der Waals surface area contributed by atoms with Gasteiger partial charge in [0.15, 0.2) is 0 Å². The zero-order chi connectivity index (χ0) is 39.1. The fraction of sp³-hybridized carbons (Fsp3) is 0.0175. The van der Waals surface area contributed by atoms with Crippen molar-refractivity contribution < 1.29 is 0 Å². The van der Waals surface area contributed by atoms with Gasteiger partial charge in [-0.1, -0.05) is 152 Å². The second-order valence-corrected chi connectivity index (χ2v) is 15.4. The summed E-state index contributed by atoms with van der Waals surface area (Å²) < 4.78 is 0. The molecule has 0 aliphatic carbocycles. The van der Waals surface area contributed by atoms with Crippen LogP contribution in [0.5, 0.6) is 0 Å². The molecule has 0 spiro atoms. The molecule has 0 aromatic heterocycles. The van der Waals surface area contributed by atoms with Gasteiger partial charge in [-0.2, -0.15) is 0 Å². The minimum Gasteiger partial charge on any atom is -0.310 e. The van der Waals surface area contributed by atoms with E-state index >= 15 is 0 Å². The van der Waals surface area contributed by atoms with Crippen LogP contribution in [0.3, 0.4) is 0 Å². The molecule has 0 atom stereocenters. The predicted molar refractivity (Wildman–Crippen MR) is 250 cm³/mol. The second kappa shape index (κ2) is 14.7. The van der Waals surface area contributed by atoms with Crippen molar-refractivity contribution in [3.8, 4) is 33.4 Å². The zero-order valence-electron chi connectivity index (χ0n) is 32.5. The van der Waals surface area contributed by atoms with Crippen molar-refractivity contribution in [2.45, 2.75) is 6.42 Å². The highest BCUT2D eigenvalue weighted by Gasteiger charge is 2.25. The second-order valence-electron chi connectivity index (χ2n) is 15.4. The molecule has 10 aromatic carbocycles. The molecule has 0 radical (unpaired) electrons. The Morgan fingerprint density at radius 3 is 1.37 bits per heavy atom. The van der Waals surface area contributed by atoms with Gasteiger partial charge in [-0.25, -0.2) is 0 Å². The van der Waals surface area contributed by atoms with E-state index in [9.17, 15) is 0 Å². The number of nitrogens with zero attached hydrogens (tertiary/aromatic N) is 2. The molecule has 11 rings (SSSR count). The Balaban J connectivity index is 0.975. The molecule has 2 nitrogen and oxygen atoms in total. The Bertz CT molecular complexity index is 3110. The molecule has 0 amide bonds. The van der Waals surface area contributed by atoms with Gasteiger partial charge in [0.2, 0.25) is 0 Å². The van der Waals surface area contributed by atoms with Crippen molar-refractivity contribution in [2.75, 3.05) is 9.80 Å². The normalized spacial score (nSPS) is 12.0. The van der Waals surface area contributed by atoms with Crippen LogP contribution < -0.4 is 9.80 Å². The third kappa shape index (κ3) is 6.51. The number of para-hydroxylation sites is 1. The molecule has 1 aliphatic heterocycles. The first kappa shape index (κ1) is 34.6. The highest BCUT2D eigenvalue weighted by atomic mass is 15.2. The van der Waals surface area contributed by atoms with E-state index in [0.717, 1.165) is 29.2 Å². The molecule has 59 heavy (non-hydrogen) atoms. The van der Waals surface area contributed by atoms with Crippen LogP contribution in [0.2, 0.25) is 0 Å². The lowest BCUT2D eigenvalue weighted by Crippen LogP contribution is -2.18. The Hall–Kier alpha value is -7.68. The molecule has 0 fully saturated rings. The number of anilines is 6. The molecule has 0 unspecified atom stereocenters. The maximum Gasteiger partial charge on any atom is 0.0497 e. The van der Waals surface area contributed by atoms with Crippen molar-refractivity contribution in [3.63, 3.8) is 0 Å². The largest absolute Gasteiger partial charge is 0.310 e. The van der Waals surface area contributed by atoms with Crippen LogP contribution in [0.4, 0.5) is 34.1 Å². The Morgan fingerprint density at radius 2 is 0.712 bits per heavy atom. The van der Waals surface area contributed by atoms with E-state index in [1.807, 2.05) is 0 Å². The van der Waals surface area contributed by atoms with Gasteiger partial charge < -0.3 is 9.80 Å². The van der Waals surface area contributed by atoms with Gasteiger partial charge in [0, 0.05) is 40.5 Å². The summed E-state index contributed by atoms with van der Waals surface area (Å²) in [5, 5.41) is 4.98. The Morgan fingerprint density at radius 1 is 0.288 bits per heavy atom. The first-order chi connectivity index (χ1) is 29.2. The van der Waals surface area contributed by atoms with Gasteiger partial charge >= 0.3 is 0 Å². The standard InChI is InChI=1S/C57H40N2/c1-3-11-40(12-4-1)43-21-30-54(31-22-43)59-56-33-26-47(36-50(56)38-51-37-49(27-34-57(51)59)48-20-19-41-13-7-9-15-45(41)35-48)44-23-28-53(29-24-44)58(52-17-5-2-6-18-52)55-32-25-42-14-8-10-16-46(42)39-55/h1-37,39H,38H2. The average Bonchev–Trinajstić information content (AvgIpc) is 3.31. The van der Waals surface area contributed by atoms with Crippen LogP contribution in [0, 0.1) is 0 Å². The molecule has 2 heteroatoms. The van der Waals surface area contributed by atoms with Crippen LogP contribution in [0.1, 0.15) is 11.1 Å². The maximum absolute atomic E-state index is 2.45. The topological polar surface area (TPSA) is 6.48 Å². The first-order valence-corrected chi connectivity index (χ1v) is 20.4. The van der Waals surface area contributed by atoms with Crippen LogP contribution >= 0.6 is 0 Å². The van der Waals surface area contributed by atoms with Crippen molar-refractivity contribution in [3.05, 3.63) is 242 Å². The Labute approximate surface area is 345 Å². The highest BCUT2D eigenvalue weighted by molar-refractivity contribution is 5.92. The van der Waals surface area contributed by atoms with E-state index < -0.39 is 0 Å². The summed E-state index contributed by atoms with van der Waals surface area (Å²) in [6, 6.07) is 84.0. The fourth-order valence-corrected chi connectivity index (χ4v) is 8.81. The predicted octanol–water partition coefficient (Wildman–Crippen LogP) is 15.8. The Kier molecular flexibility index (Phi) is 8.60. The van der Waals surface area contributed by atoms with Crippen molar-refractivity contribution in [1.82, 2.24) is 0 Å².